The van der Waals surface area contributed by atoms with E-state index in [2.05, 4.69) is 0 Å². The van der Waals surface area contributed by atoms with E-state index in [-0.39, 0.29) is 0 Å². The SMILES string of the molecule is C[B]c1ccccc1O. The molecule has 0 saturated carbocycles. The topological polar surface area (TPSA) is 20.2 Å². The second kappa shape index (κ2) is 2.58. The molecule has 0 amide bonds. The lowest BCUT2D eigenvalue weighted by Gasteiger charge is -1.96. The fourth-order valence-electron chi connectivity index (χ4n) is 0.732. The van der Waals surface area contributed by atoms with Crippen LogP contribution in [0.15, 0.2) is 24.3 Å². The quantitative estimate of drug-likeness (QED) is 0.541. The maximum Gasteiger partial charge on any atom is 0.153 e. The van der Waals surface area contributed by atoms with Crippen LogP contribution in [0.3, 0.4) is 0 Å². The van der Waals surface area contributed by atoms with E-state index in [1.54, 1.807) is 6.07 Å². The number of hydrogen-bond donors (Lipinski definition) is 1. The average Bonchev–Trinajstić information content (AvgIpc) is 1.89. The highest BCUT2D eigenvalue weighted by molar-refractivity contribution is 6.53. The highest BCUT2D eigenvalue weighted by atomic mass is 16.3. The third-order valence-electron chi connectivity index (χ3n) is 1.25. The number of phenols is 1. The van der Waals surface area contributed by atoms with Crippen LogP contribution in [0.25, 0.3) is 0 Å². The number of hydrogen-bond acceptors (Lipinski definition) is 1. The lowest BCUT2D eigenvalue weighted by Crippen LogP contribution is -2.09. The van der Waals surface area contributed by atoms with Crippen LogP contribution in [0.1, 0.15) is 0 Å². The smallest absolute Gasteiger partial charge is 0.153 e. The van der Waals surface area contributed by atoms with E-state index >= 15 is 0 Å². The van der Waals surface area contributed by atoms with Gasteiger partial charge in [-0.15, -0.1) is 0 Å². The Balaban J connectivity index is 3.01. The Morgan fingerprint density at radius 2 is 2.00 bits per heavy atom. The van der Waals surface area contributed by atoms with Crippen LogP contribution >= 0.6 is 0 Å². The van der Waals surface area contributed by atoms with E-state index < -0.39 is 0 Å². The van der Waals surface area contributed by atoms with Gasteiger partial charge in [-0.25, -0.2) is 0 Å². The van der Waals surface area contributed by atoms with Crippen LogP contribution in [0.2, 0.25) is 6.82 Å². The maximum atomic E-state index is 9.08. The van der Waals surface area contributed by atoms with Gasteiger partial charge in [-0.3, -0.25) is 0 Å². The highest BCUT2D eigenvalue weighted by Gasteiger charge is 1.93. The summed E-state index contributed by atoms with van der Waals surface area (Å²) in [5.74, 6) is 0.347. The summed E-state index contributed by atoms with van der Waals surface area (Å²) in [5.41, 5.74) is 0.887. The molecule has 0 saturated heterocycles. The van der Waals surface area contributed by atoms with E-state index in [0.717, 1.165) is 5.46 Å². The first-order chi connectivity index (χ1) is 4.34. The molecule has 0 fully saturated rings. The van der Waals surface area contributed by atoms with Crippen molar-refractivity contribution in [2.75, 3.05) is 0 Å². The third-order valence-corrected chi connectivity index (χ3v) is 1.25. The number of rotatable bonds is 1. The van der Waals surface area contributed by atoms with Crippen molar-refractivity contribution in [3.05, 3.63) is 24.3 Å². The molecule has 1 N–H and O–H groups in total. The Morgan fingerprint density at radius 3 is 2.44 bits per heavy atom. The van der Waals surface area contributed by atoms with Crippen molar-refractivity contribution in [1.29, 1.82) is 0 Å². The van der Waals surface area contributed by atoms with E-state index in [0.29, 0.717) is 5.75 Å². The molecule has 0 unspecified atom stereocenters. The van der Waals surface area contributed by atoms with Crippen molar-refractivity contribution >= 4 is 12.7 Å². The summed E-state index contributed by atoms with van der Waals surface area (Å²) < 4.78 is 0. The van der Waals surface area contributed by atoms with Crippen molar-refractivity contribution < 1.29 is 5.11 Å². The van der Waals surface area contributed by atoms with Gasteiger partial charge in [0.25, 0.3) is 0 Å². The molecule has 1 rings (SSSR count). The molecule has 0 aromatic heterocycles. The van der Waals surface area contributed by atoms with Crippen LogP contribution in [0.4, 0.5) is 0 Å². The molecule has 0 aliphatic carbocycles. The normalized spacial score (nSPS) is 9.00. The van der Waals surface area contributed by atoms with Crippen LogP contribution in [0.5, 0.6) is 5.75 Å². The molecule has 0 spiro atoms. The summed E-state index contributed by atoms with van der Waals surface area (Å²) in [5, 5.41) is 9.08. The second-order valence-corrected chi connectivity index (χ2v) is 1.85. The summed E-state index contributed by atoms with van der Waals surface area (Å²) in [6.07, 6.45) is 0. The molecule has 0 aliphatic rings. The summed E-state index contributed by atoms with van der Waals surface area (Å²) in [7, 11) is 1.87. The number of aromatic hydroxyl groups is 1. The lowest BCUT2D eigenvalue weighted by molar-refractivity contribution is 0.479. The Morgan fingerprint density at radius 1 is 1.33 bits per heavy atom. The van der Waals surface area contributed by atoms with Crippen LogP contribution in [-0.4, -0.2) is 12.4 Å². The molecule has 1 radical (unpaired) electrons. The van der Waals surface area contributed by atoms with Gasteiger partial charge in [0, 0.05) is 0 Å². The predicted octanol–water partition coefficient (Wildman–Crippen LogP) is 0.770. The minimum Gasteiger partial charge on any atom is -0.509 e. The van der Waals surface area contributed by atoms with Gasteiger partial charge in [0.05, 0.1) is 0 Å². The summed E-state index contributed by atoms with van der Waals surface area (Å²) in [6, 6.07) is 7.25. The van der Waals surface area contributed by atoms with Gasteiger partial charge < -0.3 is 5.11 Å². The zero-order chi connectivity index (χ0) is 6.69. The van der Waals surface area contributed by atoms with Gasteiger partial charge in [0.2, 0.25) is 0 Å². The first-order valence-corrected chi connectivity index (χ1v) is 2.92. The fraction of sp³-hybridized carbons (Fsp3) is 0.143. The molecule has 1 aromatic rings. The van der Waals surface area contributed by atoms with Gasteiger partial charge in [-0.05, 0) is 11.5 Å². The van der Waals surface area contributed by atoms with Gasteiger partial charge in [0.1, 0.15) is 5.75 Å². The van der Waals surface area contributed by atoms with Gasteiger partial charge in [-0.1, -0.05) is 25.0 Å². The zero-order valence-corrected chi connectivity index (χ0v) is 5.33. The first-order valence-electron chi connectivity index (χ1n) is 2.92. The number of phenolic OH excluding ortho intramolecular Hbond substituents is 1. The Kier molecular flexibility index (Phi) is 1.78. The van der Waals surface area contributed by atoms with Crippen molar-refractivity contribution in [2.45, 2.75) is 6.82 Å². The minimum atomic E-state index is 0.347. The van der Waals surface area contributed by atoms with E-state index in [1.807, 2.05) is 32.3 Å². The molecule has 2 heteroatoms. The lowest BCUT2D eigenvalue weighted by atomic mass is 9.73. The monoisotopic (exact) mass is 119 g/mol. The molecule has 1 aromatic carbocycles. The largest absolute Gasteiger partial charge is 0.509 e. The molecule has 9 heavy (non-hydrogen) atoms. The van der Waals surface area contributed by atoms with Crippen molar-refractivity contribution in [2.24, 2.45) is 0 Å². The highest BCUT2D eigenvalue weighted by Crippen LogP contribution is 2.00. The third kappa shape index (κ3) is 1.25. The molecule has 0 heterocycles. The Labute approximate surface area is 55.6 Å². The maximum absolute atomic E-state index is 9.08. The van der Waals surface area contributed by atoms with E-state index in [9.17, 15) is 0 Å². The molecular weight excluding hydrogens is 111 g/mol. The Bertz CT molecular complexity index is 198. The number of benzene rings is 1. The van der Waals surface area contributed by atoms with Crippen LogP contribution in [0, 0.1) is 0 Å². The molecule has 0 aliphatic heterocycles. The minimum absolute atomic E-state index is 0.347. The van der Waals surface area contributed by atoms with Crippen molar-refractivity contribution in [1.82, 2.24) is 0 Å². The van der Waals surface area contributed by atoms with Gasteiger partial charge >= 0.3 is 0 Å². The van der Waals surface area contributed by atoms with Crippen LogP contribution in [-0.2, 0) is 0 Å². The average molecular weight is 119 g/mol. The van der Waals surface area contributed by atoms with E-state index in [1.165, 1.54) is 0 Å². The number of para-hydroxylation sites is 1. The second-order valence-electron chi connectivity index (χ2n) is 1.85. The molecule has 0 bridgehead atoms. The van der Waals surface area contributed by atoms with Crippen molar-refractivity contribution in [3.8, 4) is 5.75 Å². The summed E-state index contributed by atoms with van der Waals surface area (Å²) in [4.78, 5) is 0. The van der Waals surface area contributed by atoms with E-state index in [4.69, 9.17) is 5.11 Å². The van der Waals surface area contributed by atoms with Crippen LogP contribution < -0.4 is 5.46 Å². The van der Waals surface area contributed by atoms with Gasteiger partial charge in [-0.2, -0.15) is 0 Å². The Hall–Kier alpha value is -0.915. The zero-order valence-electron chi connectivity index (χ0n) is 5.33. The fourth-order valence-corrected chi connectivity index (χ4v) is 0.732. The summed E-state index contributed by atoms with van der Waals surface area (Å²) >= 11 is 0. The standard InChI is InChI=1S/C7H8BO/c1-8-6-4-2-3-5-7(6)9/h2-5,9H,1H3. The summed E-state index contributed by atoms with van der Waals surface area (Å²) in [6.45, 7) is 1.90. The van der Waals surface area contributed by atoms with Gasteiger partial charge in [0.15, 0.2) is 7.28 Å². The molecule has 45 valence electrons. The molecule has 1 nitrogen and oxygen atoms in total. The predicted molar refractivity (Wildman–Crippen MR) is 39.4 cm³/mol. The molecular formula is C7H8BO. The molecule has 0 atom stereocenters. The first kappa shape index (κ1) is 6.21. The van der Waals surface area contributed by atoms with Crippen molar-refractivity contribution in [3.63, 3.8) is 0 Å².